The summed E-state index contributed by atoms with van der Waals surface area (Å²) < 4.78 is 0. The van der Waals surface area contributed by atoms with Gasteiger partial charge in [-0.25, -0.2) is 0 Å². The van der Waals surface area contributed by atoms with Crippen molar-refractivity contribution in [3.63, 3.8) is 0 Å². The third-order valence-electron chi connectivity index (χ3n) is 3.50. The fraction of sp³-hybridized carbons (Fsp3) is 1.00. The van der Waals surface area contributed by atoms with Crippen molar-refractivity contribution in [1.29, 1.82) is 0 Å². The first kappa shape index (κ1) is 11.0. The topological polar surface area (TPSA) is 29.3 Å². The van der Waals surface area contributed by atoms with E-state index in [9.17, 15) is 0 Å². The predicted molar refractivity (Wildman–Crippen MR) is 57.7 cm³/mol. The smallest absolute Gasteiger partial charge is 0.0165 e. The lowest BCUT2D eigenvalue weighted by molar-refractivity contribution is 0.106. The molecule has 2 N–H and O–H groups in total. The Kier molecular flexibility index (Phi) is 4.20. The molecule has 0 aliphatic carbocycles. The first-order valence-electron chi connectivity index (χ1n) is 5.64. The monoisotopic (exact) mass is 184 g/mol. The van der Waals surface area contributed by atoms with Crippen molar-refractivity contribution < 1.29 is 0 Å². The Labute approximate surface area is 82.5 Å². The Morgan fingerprint density at radius 1 is 1.46 bits per heavy atom. The van der Waals surface area contributed by atoms with Gasteiger partial charge in [-0.1, -0.05) is 13.8 Å². The van der Waals surface area contributed by atoms with Crippen molar-refractivity contribution in [3.8, 4) is 0 Å². The van der Waals surface area contributed by atoms with Crippen molar-refractivity contribution in [3.05, 3.63) is 0 Å². The molecule has 2 unspecified atom stereocenters. The fourth-order valence-corrected chi connectivity index (χ4v) is 2.11. The molecule has 2 heteroatoms. The molecule has 1 aliphatic rings. The van der Waals surface area contributed by atoms with E-state index in [1.165, 1.54) is 19.4 Å². The largest absolute Gasteiger partial charge is 0.327 e. The van der Waals surface area contributed by atoms with E-state index >= 15 is 0 Å². The van der Waals surface area contributed by atoms with Crippen LogP contribution in [0.4, 0.5) is 0 Å². The molecule has 1 saturated heterocycles. The molecular formula is C11H24N2. The van der Waals surface area contributed by atoms with Gasteiger partial charge in [0.25, 0.3) is 0 Å². The van der Waals surface area contributed by atoms with Crippen LogP contribution >= 0.6 is 0 Å². The lowest BCUT2D eigenvalue weighted by Gasteiger charge is -2.39. The van der Waals surface area contributed by atoms with Crippen LogP contribution < -0.4 is 5.73 Å². The summed E-state index contributed by atoms with van der Waals surface area (Å²) in [5.74, 6) is 0.845. The Hall–Kier alpha value is -0.0800. The van der Waals surface area contributed by atoms with Crippen LogP contribution in [0, 0.1) is 5.92 Å². The van der Waals surface area contributed by atoms with E-state index in [-0.39, 0.29) is 0 Å². The standard InChI is InChI=1S/C11H24N2/c1-4-11(12)8-13-7-5-6-9(2)10(13)3/h9-11H,4-8,12H2,1-3H3/t9?,10?,11-/m0/s1. The van der Waals surface area contributed by atoms with Gasteiger partial charge in [0, 0.05) is 18.6 Å². The quantitative estimate of drug-likeness (QED) is 0.725. The Morgan fingerprint density at radius 2 is 2.15 bits per heavy atom. The highest BCUT2D eigenvalue weighted by molar-refractivity contribution is 4.80. The molecule has 1 rings (SSSR count). The second-order valence-corrected chi connectivity index (χ2v) is 4.52. The number of hydrogen-bond donors (Lipinski definition) is 1. The van der Waals surface area contributed by atoms with Gasteiger partial charge in [0.1, 0.15) is 0 Å². The summed E-state index contributed by atoms with van der Waals surface area (Å²) in [6.45, 7) is 9.20. The maximum absolute atomic E-state index is 5.97. The van der Waals surface area contributed by atoms with Gasteiger partial charge in [0.15, 0.2) is 0 Å². The lowest BCUT2D eigenvalue weighted by atomic mass is 9.91. The summed E-state index contributed by atoms with van der Waals surface area (Å²) in [6.07, 6.45) is 3.83. The van der Waals surface area contributed by atoms with Gasteiger partial charge in [-0.15, -0.1) is 0 Å². The van der Waals surface area contributed by atoms with Gasteiger partial charge >= 0.3 is 0 Å². The molecule has 1 heterocycles. The zero-order valence-corrected chi connectivity index (χ0v) is 9.29. The number of nitrogens with zero attached hydrogens (tertiary/aromatic N) is 1. The van der Waals surface area contributed by atoms with E-state index in [2.05, 4.69) is 25.7 Å². The molecule has 0 bridgehead atoms. The van der Waals surface area contributed by atoms with Gasteiger partial charge in [-0.05, 0) is 38.6 Å². The van der Waals surface area contributed by atoms with Crippen molar-refractivity contribution in [1.82, 2.24) is 4.90 Å². The van der Waals surface area contributed by atoms with Crippen molar-refractivity contribution in [2.75, 3.05) is 13.1 Å². The van der Waals surface area contributed by atoms with E-state index in [1.807, 2.05) is 0 Å². The Morgan fingerprint density at radius 3 is 2.77 bits per heavy atom. The van der Waals surface area contributed by atoms with Crippen molar-refractivity contribution in [2.45, 2.75) is 52.1 Å². The number of likely N-dealkylation sites (tertiary alicyclic amines) is 1. The average Bonchev–Trinajstić information content (AvgIpc) is 2.13. The normalized spacial score (nSPS) is 33.2. The maximum Gasteiger partial charge on any atom is 0.0165 e. The summed E-state index contributed by atoms with van der Waals surface area (Å²) in [5, 5.41) is 0. The lowest BCUT2D eigenvalue weighted by Crippen LogP contribution is -2.47. The highest BCUT2D eigenvalue weighted by Crippen LogP contribution is 2.22. The first-order valence-corrected chi connectivity index (χ1v) is 5.64. The molecular weight excluding hydrogens is 160 g/mol. The third kappa shape index (κ3) is 2.96. The minimum atomic E-state index is 0.368. The molecule has 2 nitrogen and oxygen atoms in total. The Balaban J connectivity index is 2.39. The van der Waals surface area contributed by atoms with Gasteiger partial charge in [-0.3, -0.25) is 4.90 Å². The van der Waals surface area contributed by atoms with Gasteiger partial charge < -0.3 is 5.73 Å². The first-order chi connectivity index (χ1) is 6.15. The zero-order valence-electron chi connectivity index (χ0n) is 9.29. The van der Waals surface area contributed by atoms with Crippen LogP contribution in [0.15, 0.2) is 0 Å². The molecule has 0 spiro atoms. The molecule has 0 amide bonds. The highest BCUT2D eigenvalue weighted by atomic mass is 15.2. The number of hydrogen-bond acceptors (Lipinski definition) is 2. The summed E-state index contributed by atoms with van der Waals surface area (Å²) in [6, 6.07) is 1.10. The third-order valence-corrected chi connectivity index (χ3v) is 3.50. The van der Waals surface area contributed by atoms with Crippen LogP contribution in [-0.2, 0) is 0 Å². The molecule has 3 atom stereocenters. The molecule has 0 radical (unpaired) electrons. The zero-order chi connectivity index (χ0) is 9.84. The molecule has 78 valence electrons. The Bertz CT molecular complexity index is 147. The van der Waals surface area contributed by atoms with Crippen LogP contribution in [0.2, 0.25) is 0 Å². The van der Waals surface area contributed by atoms with Gasteiger partial charge in [0.05, 0.1) is 0 Å². The van der Waals surface area contributed by atoms with Crippen LogP contribution in [0.5, 0.6) is 0 Å². The molecule has 0 aromatic rings. The van der Waals surface area contributed by atoms with E-state index in [4.69, 9.17) is 5.73 Å². The predicted octanol–water partition coefficient (Wildman–Crippen LogP) is 1.84. The number of nitrogens with two attached hydrogens (primary N) is 1. The SMILES string of the molecule is CC[C@H](N)CN1CCCC(C)C1C. The van der Waals surface area contributed by atoms with Crippen molar-refractivity contribution in [2.24, 2.45) is 11.7 Å². The molecule has 0 aromatic heterocycles. The molecule has 13 heavy (non-hydrogen) atoms. The van der Waals surface area contributed by atoms with E-state index in [0.717, 1.165) is 24.9 Å². The van der Waals surface area contributed by atoms with Crippen LogP contribution in [0.25, 0.3) is 0 Å². The molecule has 1 fully saturated rings. The van der Waals surface area contributed by atoms with Gasteiger partial charge in [-0.2, -0.15) is 0 Å². The van der Waals surface area contributed by atoms with E-state index in [1.54, 1.807) is 0 Å². The highest BCUT2D eigenvalue weighted by Gasteiger charge is 2.25. The number of rotatable bonds is 3. The maximum atomic E-state index is 5.97. The van der Waals surface area contributed by atoms with Crippen LogP contribution in [-0.4, -0.2) is 30.1 Å². The molecule has 0 aromatic carbocycles. The summed E-state index contributed by atoms with van der Waals surface area (Å²) in [7, 11) is 0. The van der Waals surface area contributed by atoms with E-state index < -0.39 is 0 Å². The second-order valence-electron chi connectivity index (χ2n) is 4.52. The summed E-state index contributed by atoms with van der Waals surface area (Å²) >= 11 is 0. The fourth-order valence-electron chi connectivity index (χ4n) is 2.11. The molecule has 0 saturated carbocycles. The van der Waals surface area contributed by atoms with E-state index in [0.29, 0.717) is 6.04 Å². The average molecular weight is 184 g/mol. The summed E-state index contributed by atoms with van der Waals surface area (Å²) in [4.78, 5) is 2.56. The second kappa shape index (κ2) is 4.97. The molecule has 1 aliphatic heterocycles. The minimum absolute atomic E-state index is 0.368. The minimum Gasteiger partial charge on any atom is -0.327 e. The number of piperidine rings is 1. The van der Waals surface area contributed by atoms with Crippen LogP contribution in [0.1, 0.15) is 40.0 Å². The van der Waals surface area contributed by atoms with Crippen LogP contribution in [0.3, 0.4) is 0 Å². The summed E-state index contributed by atoms with van der Waals surface area (Å²) in [5.41, 5.74) is 5.97. The van der Waals surface area contributed by atoms with Gasteiger partial charge in [0.2, 0.25) is 0 Å². The van der Waals surface area contributed by atoms with Crippen molar-refractivity contribution >= 4 is 0 Å².